The second kappa shape index (κ2) is 7.53. The van der Waals surface area contributed by atoms with Gasteiger partial charge < -0.3 is 10.4 Å². The summed E-state index contributed by atoms with van der Waals surface area (Å²) in [6.45, 7) is 4.00. The highest BCUT2D eigenvalue weighted by Crippen LogP contribution is 2.24. The Balaban J connectivity index is 2.75. The van der Waals surface area contributed by atoms with Gasteiger partial charge in [0.05, 0.1) is 6.42 Å². The molecule has 1 atom stereocenters. The molecule has 1 aromatic carbocycles. The van der Waals surface area contributed by atoms with Crippen LogP contribution in [0.15, 0.2) is 29.2 Å². The van der Waals surface area contributed by atoms with E-state index < -0.39 is 30.5 Å². The summed E-state index contributed by atoms with van der Waals surface area (Å²) >= 11 is 1.57. The van der Waals surface area contributed by atoms with Crippen molar-refractivity contribution in [2.75, 3.05) is 0 Å². The van der Waals surface area contributed by atoms with E-state index in [1.165, 1.54) is 12.1 Å². The standard InChI is InChI=1S/C14H16F3NO3S/c1-8(2)22-10-5-3-9(4-6-10)12(19)18-11(13(20)21)7-14(15,16)17/h3-6,8,11H,7H2,1-2H3,(H,18,19)(H,20,21). The molecule has 1 amide bonds. The summed E-state index contributed by atoms with van der Waals surface area (Å²) in [5, 5.41) is 11.0. The molecule has 0 aliphatic heterocycles. The molecule has 1 unspecified atom stereocenters. The van der Waals surface area contributed by atoms with E-state index in [1.807, 2.05) is 19.2 Å². The third-order valence-electron chi connectivity index (χ3n) is 2.53. The first-order valence-electron chi connectivity index (χ1n) is 6.45. The number of carboxylic acid groups (broad SMARTS) is 1. The maximum Gasteiger partial charge on any atom is 0.391 e. The monoisotopic (exact) mass is 335 g/mol. The van der Waals surface area contributed by atoms with Gasteiger partial charge in [0.2, 0.25) is 0 Å². The van der Waals surface area contributed by atoms with Crippen LogP contribution < -0.4 is 5.32 Å². The van der Waals surface area contributed by atoms with Gasteiger partial charge in [-0.1, -0.05) is 13.8 Å². The minimum atomic E-state index is -4.67. The smallest absolute Gasteiger partial charge is 0.391 e. The SMILES string of the molecule is CC(C)Sc1ccc(C(=O)NC(CC(F)(F)F)C(=O)O)cc1. The van der Waals surface area contributed by atoms with Crippen molar-refractivity contribution in [3.63, 3.8) is 0 Å². The molecule has 122 valence electrons. The number of rotatable bonds is 6. The van der Waals surface area contributed by atoms with Crippen molar-refractivity contribution >= 4 is 23.6 Å². The van der Waals surface area contributed by atoms with Gasteiger partial charge in [-0.25, -0.2) is 4.79 Å². The van der Waals surface area contributed by atoms with Crippen LogP contribution in [0.2, 0.25) is 0 Å². The molecule has 0 radical (unpaired) electrons. The molecule has 0 saturated heterocycles. The highest BCUT2D eigenvalue weighted by Gasteiger charge is 2.36. The topological polar surface area (TPSA) is 66.4 Å². The summed E-state index contributed by atoms with van der Waals surface area (Å²) in [6.07, 6.45) is -6.29. The molecular formula is C14H16F3NO3S. The Kier molecular flexibility index (Phi) is 6.28. The quantitative estimate of drug-likeness (QED) is 0.783. The molecule has 0 aliphatic rings. The second-order valence-electron chi connectivity index (χ2n) is 4.87. The molecule has 4 nitrogen and oxygen atoms in total. The normalized spacial score (nSPS) is 13.0. The number of benzene rings is 1. The van der Waals surface area contributed by atoms with Crippen LogP contribution in [0.3, 0.4) is 0 Å². The Labute approximate surface area is 130 Å². The fourth-order valence-electron chi connectivity index (χ4n) is 1.63. The van der Waals surface area contributed by atoms with E-state index in [-0.39, 0.29) is 5.56 Å². The maximum atomic E-state index is 12.3. The Hall–Kier alpha value is -1.70. The van der Waals surface area contributed by atoms with E-state index in [1.54, 1.807) is 23.9 Å². The van der Waals surface area contributed by atoms with Crippen molar-refractivity contribution in [1.29, 1.82) is 0 Å². The Morgan fingerprint density at radius 2 is 1.77 bits per heavy atom. The van der Waals surface area contributed by atoms with E-state index in [2.05, 4.69) is 0 Å². The number of alkyl halides is 3. The first kappa shape index (κ1) is 18.3. The molecule has 0 saturated carbocycles. The fraction of sp³-hybridized carbons (Fsp3) is 0.429. The van der Waals surface area contributed by atoms with Crippen LogP contribution in [0.25, 0.3) is 0 Å². The summed E-state index contributed by atoms with van der Waals surface area (Å²) in [7, 11) is 0. The summed E-state index contributed by atoms with van der Waals surface area (Å²) in [5.74, 6) is -2.57. The molecule has 0 aliphatic carbocycles. The van der Waals surface area contributed by atoms with Crippen molar-refractivity contribution in [3.05, 3.63) is 29.8 Å². The minimum Gasteiger partial charge on any atom is -0.480 e. The van der Waals surface area contributed by atoms with E-state index in [0.717, 1.165) is 4.90 Å². The highest BCUT2D eigenvalue weighted by atomic mass is 32.2. The lowest BCUT2D eigenvalue weighted by atomic mass is 10.1. The van der Waals surface area contributed by atoms with Gasteiger partial charge >= 0.3 is 12.1 Å². The number of nitrogens with one attached hydrogen (secondary N) is 1. The van der Waals surface area contributed by atoms with Crippen LogP contribution in [0.1, 0.15) is 30.6 Å². The zero-order valence-corrected chi connectivity index (χ0v) is 12.8. The molecule has 1 aromatic rings. The van der Waals surface area contributed by atoms with Crippen molar-refractivity contribution in [2.24, 2.45) is 0 Å². The summed E-state index contributed by atoms with van der Waals surface area (Å²) in [4.78, 5) is 23.5. The Morgan fingerprint density at radius 1 is 1.23 bits per heavy atom. The van der Waals surface area contributed by atoms with E-state index >= 15 is 0 Å². The number of thioether (sulfide) groups is 1. The first-order chi connectivity index (χ1) is 10.1. The number of amides is 1. The zero-order chi connectivity index (χ0) is 16.9. The van der Waals surface area contributed by atoms with Crippen molar-refractivity contribution in [2.45, 2.75) is 42.6 Å². The van der Waals surface area contributed by atoms with Crippen LogP contribution in [-0.2, 0) is 4.79 Å². The third kappa shape index (κ3) is 6.38. The Bertz CT molecular complexity index is 529. The molecule has 1 rings (SSSR count). The number of hydrogen-bond donors (Lipinski definition) is 2. The molecule has 8 heteroatoms. The van der Waals surface area contributed by atoms with Gasteiger partial charge in [0.25, 0.3) is 5.91 Å². The molecule has 0 bridgehead atoms. The summed E-state index contributed by atoms with van der Waals surface area (Å²) in [6, 6.07) is 4.23. The largest absolute Gasteiger partial charge is 0.480 e. The predicted molar refractivity (Wildman–Crippen MR) is 77.0 cm³/mol. The molecule has 0 fully saturated rings. The number of carbonyl (C=O) groups is 2. The first-order valence-corrected chi connectivity index (χ1v) is 7.33. The van der Waals surface area contributed by atoms with Gasteiger partial charge in [0, 0.05) is 15.7 Å². The van der Waals surface area contributed by atoms with Crippen LogP contribution in [0.5, 0.6) is 0 Å². The van der Waals surface area contributed by atoms with Crippen molar-refractivity contribution in [1.82, 2.24) is 5.32 Å². The van der Waals surface area contributed by atoms with Crippen molar-refractivity contribution < 1.29 is 27.9 Å². The zero-order valence-electron chi connectivity index (χ0n) is 12.0. The van der Waals surface area contributed by atoms with Crippen LogP contribution >= 0.6 is 11.8 Å². The number of hydrogen-bond acceptors (Lipinski definition) is 3. The van der Waals surface area contributed by atoms with Crippen molar-refractivity contribution in [3.8, 4) is 0 Å². The van der Waals surface area contributed by atoms with Gasteiger partial charge in [-0.2, -0.15) is 13.2 Å². The van der Waals surface area contributed by atoms with Crippen LogP contribution in [0, 0.1) is 0 Å². The second-order valence-corrected chi connectivity index (χ2v) is 6.52. The highest BCUT2D eigenvalue weighted by molar-refractivity contribution is 7.99. The summed E-state index contributed by atoms with van der Waals surface area (Å²) < 4.78 is 36.8. The van der Waals surface area contributed by atoms with E-state index in [0.29, 0.717) is 5.25 Å². The lowest BCUT2D eigenvalue weighted by Gasteiger charge is -2.16. The van der Waals surface area contributed by atoms with Gasteiger partial charge in [0.1, 0.15) is 6.04 Å². The van der Waals surface area contributed by atoms with Gasteiger partial charge in [-0.15, -0.1) is 11.8 Å². The van der Waals surface area contributed by atoms with Gasteiger partial charge in [-0.05, 0) is 24.3 Å². The predicted octanol–water partition coefficient (Wildman–Crippen LogP) is 3.32. The molecular weight excluding hydrogens is 319 g/mol. The number of carbonyl (C=O) groups excluding carboxylic acids is 1. The molecule has 0 heterocycles. The molecule has 22 heavy (non-hydrogen) atoms. The molecule has 0 spiro atoms. The molecule has 0 aromatic heterocycles. The molecule has 2 N–H and O–H groups in total. The third-order valence-corrected chi connectivity index (χ3v) is 3.54. The van der Waals surface area contributed by atoms with Crippen LogP contribution in [0.4, 0.5) is 13.2 Å². The minimum absolute atomic E-state index is 0.113. The lowest BCUT2D eigenvalue weighted by Crippen LogP contribution is -2.43. The number of aliphatic carboxylic acids is 1. The number of carboxylic acids is 1. The average Bonchev–Trinajstić information content (AvgIpc) is 2.36. The average molecular weight is 335 g/mol. The Morgan fingerprint density at radius 3 is 2.18 bits per heavy atom. The maximum absolute atomic E-state index is 12.3. The summed E-state index contributed by atoms with van der Waals surface area (Å²) in [5.41, 5.74) is 0.113. The van der Waals surface area contributed by atoms with Gasteiger partial charge in [0.15, 0.2) is 0 Å². The van der Waals surface area contributed by atoms with E-state index in [9.17, 15) is 22.8 Å². The van der Waals surface area contributed by atoms with E-state index in [4.69, 9.17) is 5.11 Å². The van der Waals surface area contributed by atoms with Crippen LogP contribution in [-0.4, -0.2) is 34.5 Å². The fourth-order valence-corrected chi connectivity index (χ4v) is 2.47. The lowest BCUT2D eigenvalue weighted by molar-refractivity contribution is -0.157. The van der Waals surface area contributed by atoms with Gasteiger partial charge in [-0.3, -0.25) is 4.79 Å². The number of halogens is 3.